The monoisotopic (exact) mass is 298 g/mol. The SMILES string of the molecule is CCCCN(C)c1cc(C(=O)NCc2ccccc2)ncn1. The molecule has 0 fully saturated rings. The van der Waals surface area contributed by atoms with Gasteiger partial charge < -0.3 is 10.2 Å². The Morgan fingerprint density at radius 2 is 2.00 bits per heavy atom. The van der Waals surface area contributed by atoms with Gasteiger partial charge in [0.05, 0.1) is 0 Å². The number of hydrogen-bond donors (Lipinski definition) is 1. The number of nitrogens with zero attached hydrogens (tertiary/aromatic N) is 3. The first-order valence-electron chi connectivity index (χ1n) is 7.56. The van der Waals surface area contributed by atoms with Crippen LogP contribution in [0.5, 0.6) is 0 Å². The number of aromatic nitrogens is 2. The van der Waals surface area contributed by atoms with Gasteiger partial charge in [0.25, 0.3) is 5.91 Å². The molecule has 1 amide bonds. The van der Waals surface area contributed by atoms with E-state index in [2.05, 4.69) is 22.2 Å². The lowest BCUT2D eigenvalue weighted by atomic mass is 10.2. The number of unbranched alkanes of at least 4 members (excludes halogenated alkanes) is 1. The molecule has 2 rings (SSSR count). The number of anilines is 1. The highest BCUT2D eigenvalue weighted by Gasteiger charge is 2.10. The van der Waals surface area contributed by atoms with Crippen molar-refractivity contribution in [1.29, 1.82) is 0 Å². The highest BCUT2D eigenvalue weighted by Crippen LogP contribution is 2.10. The largest absolute Gasteiger partial charge is 0.360 e. The molecule has 0 atom stereocenters. The minimum Gasteiger partial charge on any atom is -0.360 e. The lowest BCUT2D eigenvalue weighted by molar-refractivity contribution is 0.0946. The lowest BCUT2D eigenvalue weighted by Gasteiger charge is -2.17. The van der Waals surface area contributed by atoms with E-state index in [0.717, 1.165) is 30.8 Å². The summed E-state index contributed by atoms with van der Waals surface area (Å²) in [5, 5.41) is 2.88. The van der Waals surface area contributed by atoms with E-state index in [9.17, 15) is 4.79 Å². The molecule has 1 N–H and O–H groups in total. The summed E-state index contributed by atoms with van der Waals surface area (Å²) in [5.74, 6) is 0.588. The second kappa shape index (κ2) is 8.12. The highest BCUT2D eigenvalue weighted by molar-refractivity contribution is 5.92. The lowest BCUT2D eigenvalue weighted by Crippen LogP contribution is -2.25. The molecule has 0 saturated carbocycles. The van der Waals surface area contributed by atoms with Crippen LogP contribution in [0.15, 0.2) is 42.7 Å². The molecule has 0 saturated heterocycles. The van der Waals surface area contributed by atoms with E-state index in [4.69, 9.17) is 0 Å². The van der Waals surface area contributed by atoms with E-state index in [1.165, 1.54) is 6.33 Å². The minimum atomic E-state index is -0.184. The molecule has 1 aromatic heterocycles. The van der Waals surface area contributed by atoms with Crippen LogP contribution in [-0.4, -0.2) is 29.5 Å². The Balaban J connectivity index is 1.97. The van der Waals surface area contributed by atoms with Crippen molar-refractivity contribution in [2.75, 3.05) is 18.5 Å². The predicted molar refractivity (Wildman–Crippen MR) is 87.8 cm³/mol. The van der Waals surface area contributed by atoms with Crippen LogP contribution in [-0.2, 0) is 6.54 Å². The fourth-order valence-corrected chi connectivity index (χ4v) is 2.06. The summed E-state index contributed by atoms with van der Waals surface area (Å²) in [5.41, 5.74) is 1.45. The van der Waals surface area contributed by atoms with E-state index in [1.807, 2.05) is 42.3 Å². The normalized spacial score (nSPS) is 10.3. The van der Waals surface area contributed by atoms with Crippen LogP contribution in [0.3, 0.4) is 0 Å². The molecule has 0 radical (unpaired) electrons. The molecule has 1 aromatic carbocycles. The Bertz CT molecular complexity index is 601. The van der Waals surface area contributed by atoms with Gasteiger partial charge in [-0.1, -0.05) is 43.7 Å². The third-order valence-corrected chi connectivity index (χ3v) is 3.42. The zero-order valence-electron chi connectivity index (χ0n) is 13.1. The summed E-state index contributed by atoms with van der Waals surface area (Å²) < 4.78 is 0. The molecule has 0 aliphatic carbocycles. The molecular weight excluding hydrogens is 276 g/mol. The first-order chi connectivity index (χ1) is 10.7. The fourth-order valence-electron chi connectivity index (χ4n) is 2.06. The second-order valence-corrected chi connectivity index (χ2v) is 5.20. The van der Waals surface area contributed by atoms with Gasteiger partial charge in [0.1, 0.15) is 17.8 Å². The van der Waals surface area contributed by atoms with Gasteiger partial charge in [0.15, 0.2) is 0 Å². The summed E-state index contributed by atoms with van der Waals surface area (Å²) in [6.45, 7) is 3.56. The molecule has 0 aliphatic heterocycles. The van der Waals surface area contributed by atoms with Crippen molar-refractivity contribution in [2.24, 2.45) is 0 Å². The smallest absolute Gasteiger partial charge is 0.270 e. The number of hydrogen-bond acceptors (Lipinski definition) is 4. The van der Waals surface area contributed by atoms with Crippen molar-refractivity contribution in [2.45, 2.75) is 26.3 Å². The molecule has 5 heteroatoms. The molecule has 0 bridgehead atoms. The molecule has 0 aliphatic rings. The minimum absolute atomic E-state index is 0.184. The molecular formula is C17H22N4O. The number of carbonyl (C=O) groups is 1. The second-order valence-electron chi connectivity index (χ2n) is 5.20. The van der Waals surface area contributed by atoms with Gasteiger partial charge in [0, 0.05) is 26.2 Å². The highest BCUT2D eigenvalue weighted by atomic mass is 16.1. The molecule has 2 aromatic rings. The van der Waals surface area contributed by atoms with Gasteiger partial charge in [-0.2, -0.15) is 0 Å². The number of carbonyl (C=O) groups excluding carboxylic acids is 1. The van der Waals surface area contributed by atoms with Gasteiger partial charge in [-0.15, -0.1) is 0 Å². The fraction of sp³-hybridized carbons (Fsp3) is 0.353. The van der Waals surface area contributed by atoms with Crippen molar-refractivity contribution >= 4 is 11.7 Å². The van der Waals surface area contributed by atoms with Crippen molar-refractivity contribution in [3.05, 3.63) is 54.0 Å². The van der Waals surface area contributed by atoms with Crippen LogP contribution in [0, 0.1) is 0 Å². The van der Waals surface area contributed by atoms with Crippen LogP contribution in [0.1, 0.15) is 35.8 Å². The number of nitrogens with one attached hydrogen (secondary N) is 1. The van der Waals surface area contributed by atoms with Gasteiger partial charge in [0.2, 0.25) is 0 Å². The average Bonchev–Trinajstić information content (AvgIpc) is 2.58. The summed E-state index contributed by atoms with van der Waals surface area (Å²) in [6.07, 6.45) is 3.66. The van der Waals surface area contributed by atoms with Crippen LogP contribution in [0.25, 0.3) is 0 Å². The quantitative estimate of drug-likeness (QED) is 0.853. The Morgan fingerprint density at radius 3 is 2.73 bits per heavy atom. The maximum atomic E-state index is 12.2. The Labute approximate surface area is 131 Å². The van der Waals surface area contributed by atoms with Crippen LogP contribution < -0.4 is 10.2 Å². The predicted octanol–water partition coefficient (Wildman–Crippen LogP) is 2.64. The topological polar surface area (TPSA) is 58.1 Å². The van der Waals surface area contributed by atoms with E-state index in [1.54, 1.807) is 6.07 Å². The zero-order valence-corrected chi connectivity index (χ0v) is 13.1. The van der Waals surface area contributed by atoms with Crippen LogP contribution in [0.2, 0.25) is 0 Å². The van der Waals surface area contributed by atoms with Crippen molar-refractivity contribution in [3.8, 4) is 0 Å². The summed E-state index contributed by atoms with van der Waals surface area (Å²) in [4.78, 5) is 22.5. The van der Waals surface area contributed by atoms with Gasteiger partial charge >= 0.3 is 0 Å². The molecule has 5 nitrogen and oxygen atoms in total. The molecule has 0 spiro atoms. The first kappa shape index (κ1) is 15.9. The Hall–Kier alpha value is -2.43. The zero-order chi connectivity index (χ0) is 15.8. The van der Waals surface area contributed by atoms with Gasteiger partial charge in [-0.25, -0.2) is 9.97 Å². The number of amides is 1. The standard InChI is InChI=1S/C17H22N4O/c1-3-4-10-21(2)16-11-15(19-13-20-16)17(22)18-12-14-8-6-5-7-9-14/h5-9,11,13H,3-4,10,12H2,1-2H3,(H,18,22). The molecule has 1 heterocycles. The third kappa shape index (κ3) is 4.55. The Kier molecular flexibility index (Phi) is 5.89. The van der Waals surface area contributed by atoms with E-state index in [0.29, 0.717) is 12.2 Å². The van der Waals surface area contributed by atoms with E-state index < -0.39 is 0 Å². The summed E-state index contributed by atoms with van der Waals surface area (Å²) in [7, 11) is 1.98. The summed E-state index contributed by atoms with van der Waals surface area (Å²) in [6, 6.07) is 11.5. The number of rotatable bonds is 7. The van der Waals surface area contributed by atoms with Crippen molar-refractivity contribution in [1.82, 2.24) is 15.3 Å². The van der Waals surface area contributed by atoms with E-state index >= 15 is 0 Å². The maximum absolute atomic E-state index is 12.2. The van der Waals surface area contributed by atoms with Crippen LogP contribution in [0.4, 0.5) is 5.82 Å². The molecule has 0 unspecified atom stereocenters. The first-order valence-corrected chi connectivity index (χ1v) is 7.56. The number of benzene rings is 1. The third-order valence-electron chi connectivity index (χ3n) is 3.42. The van der Waals surface area contributed by atoms with Crippen molar-refractivity contribution in [3.63, 3.8) is 0 Å². The Morgan fingerprint density at radius 1 is 1.23 bits per heavy atom. The van der Waals surface area contributed by atoms with Gasteiger partial charge in [-0.3, -0.25) is 4.79 Å². The summed E-state index contributed by atoms with van der Waals surface area (Å²) >= 11 is 0. The average molecular weight is 298 g/mol. The van der Waals surface area contributed by atoms with Crippen molar-refractivity contribution < 1.29 is 4.79 Å². The van der Waals surface area contributed by atoms with Gasteiger partial charge in [-0.05, 0) is 12.0 Å². The molecule has 22 heavy (non-hydrogen) atoms. The maximum Gasteiger partial charge on any atom is 0.270 e. The molecule has 116 valence electrons. The van der Waals surface area contributed by atoms with E-state index in [-0.39, 0.29) is 5.91 Å². The van der Waals surface area contributed by atoms with Crippen LogP contribution >= 0.6 is 0 Å².